The highest BCUT2D eigenvalue weighted by Crippen LogP contribution is 2.21. The van der Waals surface area contributed by atoms with Crippen LogP contribution in [-0.4, -0.2) is 15.8 Å². The lowest BCUT2D eigenvalue weighted by Gasteiger charge is -1.97. The van der Waals surface area contributed by atoms with Crippen molar-refractivity contribution in [1.29, 1.82) is 0 Å². The maximum Gasteiger partial charge on any atom is 0.227 e. The van der Waals surface area contributed by atoms with Gasteiger partial charge in [0.1, 0.15) is 0 Å². The van der Waals surface area contributed by atoms with E-state index in [0.717, 1.165) is 17.3 Å². The molecule has 0 amide bonds. The SMILES string of the molecule is CC(=O)n1cc(CCBr)c2ccccc21. The van der Waals surface area contributed by atoms with E-state index in [-0.39, 0.29) is 5.91 Å². The Hall–Kier alpha value is -1.09. The Bertz CT molecular complexity index is 501. The van der Waals surface area contributed by atoms with Crippen molar-refractivity contribution in [2.24, 2.45) is 0 Å². The monoisotopic (exact) mass is 265 g/mol. The number of hydrogen-bond donors (Lipinski definition) is 0. The van der Waals surface area contributed by atoms with Crippen molar-refractivity contribution in [3.05, 3.63) is 36.0 Å². The van der Waals surface area contributed by atoms with Crippen LogP contribution in [0.2, 0.25) is 0 Å². The number of para-hydroxylation sites is 1. The van der Waals surface area contributed by atoms with E-state index in [1.54, 1.807) is 11.5 Å². The Morgan fingerprint density at radius 3 is 2.80 bits per heavy atom. The predicted octanol–water partition coefficient (Wildman–Crippen LogP) is 3.24. The molecule has 2 aromatic rings. The molecule has 0 N–H and O–H groups in total. The smallest absolute Gasteiger partial charge is 0.227 e. The first-order valence-corrected chi connectivity index (χ1v) is 6.02. The molecular weight excluding hydrogens is 254 g/mol. The van der Waals surface area contributed by atoms with Gasteiger partial charge in [0.25, 0.3) is 0 Å². The minimum atomic E-state index is 0.0621. The minimum Gasteiger partial charge on any atom is -0.287 e. The van der Waals surface area contributed by atoms with Crippen LogP contribution in [0.1, 0.15) is 17.3 Å². The molecular formula is C12H12BrNO. The molecule has 0 spiro atoms. The van der Waals surface area contributed by atoms with E-state index < -0.39 is 0 Å². The highest BCUT2D eigenvalue weighted by Gasteiger charge is 2.09. The molecule has 0 saturated heterocycles. The fourth-order valence-electron chi connectivity index (χ4n) is 1.81. The lowest BCUT2D eigenvalue weighted by molar-refractivity contribution is 0.0941. The minimum absolute atomic E-state index is 0.0621. The van der Waals surface area contributed by atoms with Gasteiger partial charge in [-0.25, -0.2) is 0 Å². The molecule has 3 heteroatoms. The summed E-state index contributed by atoms with van der Waals surface area (Å²) >= 11 is 3.42. The number of hydrogen-bond acceptors (Lipinski definition) is 1. The van der Waals surface area contributed by atoms with Gasteiger partial charge in [-0.1, -0.05) is 34.1 Å². The van der Waals surface area contributed by atoms with Gasteiger partial charge >= 0.3 is 0 Å². The number of aromatic nitrogens is 1. The Labute approximate surface area is 97.0 Å². The summed E-state index contributed by atoms with van der Waals surface area (Å²) in [5, 5.41) is 2.09. The molecule has 0 bridgehead atoms. The number of carbonyl (C=O) groups is 1. The van der Waals surface area contributed by atoms with E-state index in [1.165, 1.54) is 10.9 Å². The second-order valence-electron chi connectivity index (χ2n) is 3.50. The first kappa shape index (κ1) is 10.4. The van der Waals surface area contributed by atoms with Crippen molar-refractivity contribution in [1.82, 2.24) is 4.57 Å². The number of rotatable bonds is 2. The van der Waals surface area contributed by atoms with Crippen molar-refractivity contribution >= 4 is 32.7 Å². The number of halogens is 1. The zero-order valence-electron chi connectivity index (χ0n) is 8.53. The van der Waals surface area contributed by atoms with Gasteiger partial charge in [0.05, 0.1) is 5.52 Å². The molecule has 1 aromatic heterocycles. The van der Waals surface area contributed by atoms with Gasteiger partial charge in [0.15, 0.2) is 0 Å². The Kier molecular flexibility index (Phi) is 2.91. The largest absolute Gasteiger partial charge is 0.287 e. The second kappa shape index (κ2) is 4.19. The normalized spacial score (nSPS) is 10.8. The first-order chi connectivity index (χ1) is 7.24. The topological polar surface area (TPSA) is 22.0 Å². The zero-order chi connectivity index (χ0) is 10.8. The molecule has 2 nitrogen and oxygen atoms in total. The molecule has 0 saturated carbocycles. The van der Waals surface area contributed by atoms with Crippen LogP contribution in [0.15, 0.2) is 30.5 Å². The third-order valence-corrected chi connectivity index (χ3v) is 2.89. The zero-order valence-corrected chi connectivity index (χ0v) is 10.1. The fourth-order valence-corrected chi connectivity index (χ4v) is 2.24. The van der Waals surface area contributed by atoms with Crippen LogP contribution in [-0.2, 0) is 6.42 Å². The number of benzene rings is 1. The third kappa shape index (κ3) is 1.84. The van der Waals surface area contributed by atoms with E-state index in [0.29, 0.717) is 0 Å². The van der Waals surface area contributed by atoms with E-state index in [4.69, 9.17) is 0 Å². The molecule has 0 unspecified atom stereocenters. The number of aryl methyl sites for hydroxylation is 1. The molecule has 1 aromatic carbocycles. The lowest BCUT2D eigenvalue weighted by Crippen LogP contribution is -2.02. The van der Waals surface area contributed by atoms with Crippen LogP contribution in [0.5, 0.6) is 0 Å². The standard InChI is InChI=1S/C12H12BrNO/c1-9(15)14-8-10(6-7-13)11-4-2-3-5-12(11)14/h2-5,8H,6-7H2,1H3. The first-order valence-electron chi connectivity index (χ1n) is 4.90. The molecule has 0 aliphatic heterocycles. The van der Waals surface area contributed by atoms with Gasteiger partial charge in [-0.3, -0.25) is 9.36 Å². The predicted molar refractivity (Wildman–Crippen MR) is 65.7 cm³/mol. The summed E-state index contributed by atoms with van der Waals surface area (Å²) in [5.74, 6) is 0.0621. The van der Waals surface area contributed by atoms with Gasteiger partial charge in [0, 0.05) is 23.8 Å². The van der Waals surface area contributed by atoms with Crippen LogP contribution >= 0.6 is 15.9 Å². The van der Waals surface area contributed by atoms with E-state index in [2.05, 4.69) is 22.0 Å². The molecule has 0 atom stereocenters. The van der Waals surface area contributed by atoms with Crippen LogP contribution in [0.4, 0.5) is 0 Å². The lowest BCUT2D eigenvalue weighted by atomic mass is 10.1. The van der Waals surface area contributed by atoms with Crippen molar-refractivity contribution in [3.63, 3.8) is 0 Å². The summed E-state index contributed by atoms with van der Waals surface area (Å²) in [6, 6.07) is 8.01. The number of alkyl halides is 1. The quantitative estimate of drug-likeness (QED) is 0.765. The maximum atomic E-state index is 11.4. The summed E-state index contributed by atoms with van der Waals surface area (Å²) < 4.78 is 1.72. The van der Waals surface area contributed by atoms with Crippen molar-refractivity contribution in [2.45, 2.75) is 13.3 Å². The van der Waals surface area contributed by atoms with Gasteiger partial charge < -0.3 is 0 Å². The molecule has 0 radical (unpaired) electrons. The van der Waals surface area contributed by atoms with Crippen LogP contribution in [0.3, 0.4) is 0 Å². The summed E-state index contributed by atoms with van der Waals surface area (Å²) in [4.78, 5) is 11.4. The van der Waals surface area contributed by atoms with Gasteiger partial charge in [0.2, 0.25) is 5.91 Å². The molecule has 0 aliphatic carbocycles. The van der Waals surface area contributed by atoms with Crippen molar-refractivity contribution < 1.29 is 4.79 Å². The summed E-state index contributed by atoms with van der Waals surface area (Å²) in [6.45, 7) is 1.59. The van der Waals surface area contributed by atoms with E-state index in [1.807, 2.05) is 24.4 Å². The Morgan fingerprint density at radius 1 is 1.40 bits per heavy atom. The van der Waals surface area contributed by atoms with E-state index in [9.17, 15) is 4.79 Å². The van der Waals surface area contributed by atoms with E-state index >= 15 is 0 Å². The molecule has 1 heterocycles. The van der Waals surface area contributed by atoms with Gasteiger partial charge in [-0.15, -0.1) is 0 Å². The van der Waals surface area contributed by atoms with Gasteiger partial charge in [-0.05, 0) is 18.1 Å². The highest BCUT2D eigenvalue weighted by molar-refractivity contribution is 9.09. The highest BCUT2D eigenvalue weighted by atomic mass is 79.9. The van der Waals surface area contributed by atoms with Crippen molar-refractivity contribution in [3.8, 4) is 0 Å². The van der Waals surface area contributed by atoms with Crippen LogP contribution in [0.25, 0.3) is 10.9 Å². The second-order valence-corrected chi connectivity index (χ2v) is 4.29. The molecule has 15 heavy (non-hydrogen) atoms. The van der Waals surface area contributed by atoms with Crippen LogP contribution < -0.4 is 0 Å². The summed E-state index contributed by atoms with van der Waals surface area (Å²) in [7, 11) is 0. The average Bonchev–Trinajstić information content (AvgIpc) is 2.59. The van der Waals surface area contributed by atoms with Gasteiger partial charge in [-0.2, -0.15) is 0 Å². The fraction of sp³-hybridized carbons (Fsp3) is 0.250. The maximum absolute atomic E-state index is 11.4. The summed E-state index contributed by atoms with van der Waals surface area (Å²) in [6.07, 6.45) is 2.88. The average molecular weight is 266 g/mol. The number of nitrogens with zero attached hydrogens (tertiary/aromatic N) is 1. The molecule has 78 valence electrons. The summed E-state index contributed by atoms with van der Waals surface area (Å²) in [5.41, 5.74) is 2.22. The Morgan fingerprint density at radius 2 is 2.13 bits per heavy atom. The molecule has 0 aliphatic rings. The van der Waals surface area contributed by atoms with Crippen LogP contribution in [0, 0.1) is 0 Å². The Balaban J connectivity index is 2.67. The molecule has 2 rings (SSSR count). The number of carbonyl (C=O) groups excluding carboxylic acids is 1. The third-order valence-electron chi connectivity index (χ3n) is 2.50. The number of fused-ring (bicyclic) bond motifs is 1. The molecule has 0 fully saturated rings. The van der Waals surface area contributed by atoms with Crippen molar-refractivity contribution in [2.75, 3.05) is 5.33 Å².